The van der Waals surface area contributed by atoms with Crippen molar-refractivity contribution in [3.63, 3.8) is 0 Å². The molecule has 3 aromatic rings. The van der Waals surface area contributed by atoms with Gasteiger partial charge in [0, 0.05) is 18.8 Å². The van der Waals surface area contributed by atoms with Crippen LogP contribution in [-0.2, 0) is 7.05 Å². The SMILES string of the molecule is Cn1nc(-c2cn[nH]c2)c(-c2ccc3c(c2)OCO3)c1N. The van der Waals surface area contributed by atoms with E-state index in [1.807, 2.05) is 25.2 Å². The van der Waals surface area contributed by atoms with Crippen LogP contribution in [0, 0.1) is 0 Å². The van der Waals surface area contributed by atoms with Crippen LogP contribution in [0.25, 0.3) is 22.4 Å². The lowest BCUT2D eigenvalue weighted by atomic mass is 10.0. The number of nitrogen functional groups attached to an aromatic ring is 1. The Bertz CT molecular complexity index is 807. The van der Waals surface area contributed by atoms with Gasteiger partial charge in [-0.1, -0.05) is 6.07 Å². The molecule has 3 N–H and O–H groups in total. The van der Waals surface area contributed by atoms with Crippen molar-refractivity contribution < 1.29 is 9.47 Å². The Morgan fingerprint density at radius 3 is 2.90 bits per heavy atom. The lowest BCUT2D eigenvalue weighted by Gasteiger charge is -2.04. The molecule has 4 rings (SSSR count). The minimum absolute atomic E-state index is 0.246. The smallest absolute Gasteiger partial charge is 0.231 e. The Morgan fingerprint density at radius 2 is 2.10 bits per heavy atom. The summed E-state index contributed by atoms with van der Waals surface area (Å²) in [5.74, 6) is 2.05. The molecule has 0 fully saturated rings. The van der Waals surface area contributed by atoms with Crippen molar-refractivity contribution in [1.29, 1.82) is 0 Å². The molecule has 0 unspecified atom stereocenters. The second-order valence-electron chi connectivity index (χ2n) is 4.79. The molecule has 1 aliphatic heterocycles. The summed E-state index contributed by atoms with van der Waals surface area (Å²) in [6, 6.07) is 5.74. The van der Waals surface area contributed by atoms with Gasteiger partial charge in [0.05, 0.1) is 11.8 Å². The third kappa shape index (κ3) is 1.74. The van der Waals surface area contributed by atoms with E-state index in [2.05, 4.69) is 15.3 Å². The predicted molar refractivity (Wildman–Crippen MR) is 76.8 cm³/mol. The van der Waals surface area contributed by atoms with Gasteiger partial charge in [-0.25, -0.2) is 0 Å². The van der Waals surface area contributed by atoms with Crippen molar-refractivity contribution in [2.45, 2.75) is 0 Å². The van der Waals surface area contributed by atoms with Crippen molar-refractivity contribution in [2.24, 2.45) is 7.05 Å². The van der Waals surface area contributed by atoms with E-state index in [9.17, 15) is 0 Å². The van der Waals surface area contributed by atoms with Gasteiger partial charge in [-0.3, -0.25) is 9.78 Å². The molecule has 7 heteroatoms. The number of ether oxygens (including phenoxy) is 2. The highest BCUT2D eigenvalue weighted by atomic mass is 16.7. The number of anilines is 1. The highest BCUT2D eigenvalue weighted by molar-refractivity contribution is 5.88. The second kappa shape index (κ2) is 4.27. The fraction of sp³-hybridized carbons (Fsp3) is 0.143. The molecule has 106 valence electrons. The fourth-order valence-corrected chi connectivity index (χ4v) is 2.46. The van der Waals surface area contributed by atoms with Crippen LogP contribution in [0.3, 0.4) is 0 Å². The quantitative estimate of drug-likeness (QED) is 0.748. The highest BCUT2D eigenvalue weighted by Gasteiger charge is 2.21. The Kier molecular flexibility index (Phi) is 2.41. The molecular weight excluding hydrogens is 270 g/mol. The molecule has 0 saturated carbocycles. The van der Waals surface area contributed by atoms with E-state index < -0.39 is 0 Å². The molecule has 7 nitrogen and oxygen atoms in total. The maximum atomic E-state index is 6.18. The van der Waals surface area contributed by atoms with Gasteiger partial charge in [-0.05, 0) is 17.7 Å². The number of aryl methyl sites for hydroxylation is 1. The first-order chi connectivity index (χ1) is 10.2. The van der Waals surface area contributed by atoms with Gasteiger partial charge in [-0.2, -0.15) is 10.2 Å². The number of fused-ring (bicyclic) bond motifs is 1. The maximum absolute atomic E-state index is 6.18. The largest absolute Gasteiger partial charge is 0.454 e. The molecule has 3 heterocycles. The molecule has 21 heavy (non-hydrogen) atoms. The molecule has 1 aliphatic rings. The lowest BCUT2D eigenvalue weighted by Crippen LogP contribution is -1.98. The number of benzene rings is 1. The number of hydrogen-bond acceptors (Lipinski definition) is 5. The number of aromatic amines is 1. The first-order valence-corrected chi connectivity index (χ1v) is 6.45. The van der Waals surface area contributed by atoms with Crippen LogP contribution in [0.5, 0.6) is 11.5 Å². The van der Waals surface area contributed by atoms with E-state index >= 15 is 0 Å². The van der Waals surface area contributed by atoms with E-state index in [-0.39, 0.29) is 6.79 Å². The summed E-state index contributed by atoms with van der Waals surface area (Å²) in [5.41, 5.74) is 9.64. The van der Waals surface area contributed by atoms with Crippen LogP contribution in [0.4, 0.5) is 5.82 Å². The van der Waals surface area contributed by atoms with E-state index in [1.165, 1.54) is 0 Å². The molecular formula is C14H13N5O2. The number of rotatable bonds is 2. The topological polar surface area (TPSA) is 91.0 Å². The highest BCUT2D eigenvalue weighted by Crippen LogP contribution is 2.41. The van der Waals surface area contributed by atoms with E-state index in [0.717, 1.165) is 28.1 Å². The number of nitrogens with one attached hydrogen (secondary N) is 1. The van der Waals surface area contributed by atoms with Crippen LogP contribution < -0.4 is 15.2 Å². The first-order valence-electron chi connectivity index (χ1n) is 6.45. The molecule has 0 bridgehead atoms. The van der Waals surface area contributed by atoms with E-state index in [1.54, 1.807) is 17.1 Å². The summed E-state index contributed by atoms with van der Waals surface area (Å²) in [4.78, 5) is 0. The summed E-state index contributed by atoms with van der Waals surface area (Å²) in [6.07, 6.45) is 3.51. The van der Waals surface area contributed by atoms with Crippen molar-refractivity contribution in [2.75, 3.05) is 12.5 Å². The first kappa shape index (κ1) is 11.8. The van der Waals surface area contributed by atoms with Gasteiger partial charge >= 0.3 is 0 Å². The molecule has 0 amide bonds. The molecule has 0 atom stereocenters. The minimum atomic E-state index is 0.246. The Labute approximate surface area is 120 Å². The van der Waals surface area contributed by atoms with Gasteiger partial charge in [0.2, 0.25) is 6.79 Å². The van der Waals surface area contributed by atoms with Gasteiger partial charge < -0.3 is 15.2 Å². The van der Waals surface area contributed by atoms with E-state index in [4.69, 9.17) is 15.2 Å². The Hall–Kier alpha value is -2.96. The predicted octanol–water partition coefficient (Wildman–Crippen LogP) is 1.79. The number of H-pyrrole nitrogens is 1. The van der Waals surface area contributed by atoms with Gasteiger partial charge in [0.1, 0.15) is 11.5 Å². The third-order valence-corrected chi connectivity index (χ3v) is 3.52. The van der Waals surface area contributed by atoms with Crippen LogP contribution >= 0.6 is 0 Å². The zero-order chi connectivity index (χ0) is 14.4. The number of nitrogens with zero attached hydrogens (tertiary/aromatic N) is 3. The summed E-state index contributed by atoms with van der Waals surface area (Å²) >= 11 is 0. The maximum Gasteiger partial charge on any atom is 0.231 e. The van der Waals surface area contributed by atoms with Gasteiger partial charge in [0.15, 0.2) is 11.5 Å². The summed E-state index contributed by atoms with van der Waals surface area (Å²) in [6.45, 7) is 0.246. The molecule has 1 aromatic carbocycles. The molecule has 0 saturated heterocycles. The van der Waals surface area contributed by atoms with Crippen LogP contribution in [0.15, 0.2) is 30.6 Å². The van der Waals surface area contributed by atoms with E-state index in [0.29, 0.717) is 11.6 Å². The zero-order valence-corrected chi connectivity index (χ0v) is 11.3. The van der Waals surface area contributed by atoms with Crippen molar-refractivity contribution in [1.82, 2.24) is 20.0 Å². The summed E-state index contributed by atoms with van der Waals surface area (Å²) in [7, 11) is 1.81. The normalized spacial score (nSPS) is 12.8. The Balaban J connectivity index is 1.92. The van der Waals surface area contributed by atoms with Crippen LogP contribution in [0.1, 0.15) is 0 Å². The second-order valence-corrected chi connectivity index (χ2v) is 4.79. The zero-order valence-electron chi connectivity index (χ0n) is 11.3. The van der Waals surface area contributed by atoms with Gasteiger partial charge in [0.25, 0.3) is 0 Å². The molecule has 0 spiro atoms. The standard InChI is InChI=1S/C14H13N5O2/c1-19-14(15)12(13(18-19)9-5-16-17-6-9)8-2-3-10-11(4-8)21-7-20-10/h2-6H,7,15H2,1H3,(H,16,17). The summed E-state index contributed by atoms with van der Waals surface area (Å²) in [5, 5.41) is 11.2. The average molecular weight is 283 g/mol. The van der Waals surface area contributed by atoms with Gasteiger partial charge in [-0.15, -0.1) is 0 Å². The number of aromatic nitrogens is 4. The van der Waals surface area contributed by atoms with Crippen molar-refractivity contribution in [3.8, 4) is 33.9 Å². The van der Waals surface area contributed by atoms with Crippen LogP contribution in [0.2, 0.25) is 0 Å². The number of nitrogens with two attached hydrogens (primary N) is 1. The Morgan fingerprint density at radius 1 is 1.24 bits per heavy atom. The van der Waals surface area contributed by atoms with Crippen molar-refractivity contribution >= 4 is 5.82 Å². The average Bonchev–Trinajstić information content (AvgIpc) is 3.20. The monoisotopic (exact) mass is 283 g/mol. The molecule has 0 aliphatic carbocycles. The molecule has 0 radical (unpaired) electrons. The molecule has 2 aromatic heterocycles. The lowest BCUT2D eigenvalue weighted by molar-refractivity contribution is 0.174. The third-order valence-electron chi connectivity index (χ3n) is 3.52. The van der Waals surface area contributed by atoms with Crippen LogP contribution in [-0.4, -0.2) is 26.8 Å². The number of hydrogen-bond donors (Lipinski definition) is 2. The summed E-state index contributed by atoms with van der Waals surface area (Å²) < 4.78 is 12.4. The van der Waals surface area contributed by atoms with Crippen molar-refractivity contribution in [3.05, 3.63) is 30.6 Å². The fourth-order valence-electron chi connectivity index (χ4n) is 2.46. The minimum Gasteiger partial charge on any atom is -0.454 e.